The zero-order valence-electron chi connectivity index (χ0n) is 48.5. The molecule has 0 aliphatic heterocycles. The van der Waals surface area contributed by atoms with E-state index in [9.17, 15) is 14.4 Å². The van der Waals surface area contributed by atoms with Crippen molar-refractivity contribution in [3.05, 3.63) is 191 Å². The summed E-state index contributed by atoms with van der Waals surface area (Å²) < 4.78 is 9.93. The van der Waals surface area contributed by atoms with Crippen LogP contribution in [0.4, 0.5) is 0 Å². The summed E-state index contributed by atoms with van der Waals surface area (Å²) in [5.74, 6) is -0.667. The van der Waals surface area contributed by atoms with Gasteiger partial charge in [-0.3, -0.25) is 54.3 Å². The number of aliphatic hydroxyl groups is 2. The summed E-state index contributed by atoms with van der Waals surface area (Å²) >= 11 is 4.64. The second kappa shape index (κ2) is 38.6. The number of pyridine rings is 8. The minimum absolute atomic E-state index is 0.0186. The van der Waals surface area contributed by atoms with Crippen molar-refractivity contribution in [2.24, 2.45) is 0 Å². The Morgan fingerprint density at radius 3 is 0.728 bits per heavy atom. The van der Waals surface area contributed by atoms with Crippen LogP contribution in [0.3, 0.4) is 0 Å². The number of aromatic nitrogens is 8. The molecule has 0 aromatic carbocycles. The van der Waals surface area contributed by atoms with Gasteiger partial charge in [-0.1, -0.05) is 48.5 Å². The summed E-state index contributed by atoms with van der Waals surface area (Å²) in [6.45, 7) is 23.1. The quantitative estimate of drug-likeness (QED) is 0.0640. The highest BCUT2D eigenvalue weighted by atomic mass is 35.5. The summed E-state index contributed by atoms with van der Waals surface area (Å²) in [5.41, 5.74) is 15.0. The third kappa shape index (κ3) is 26.2. The Labute approximate surface area is 483 Å². The fourth-order valence-corrected chi connectivity index (χ4v) is 7.21. The molecule has 0 unspecified atom stereocenters. The third-order valence-electron chi connectivity index (χ3n) is 11.9. The topological polar surface area (TPSA) is 216 Å². The molecule has 0 aliphatic carbocycles. The van der Waals surface area contributed by atoms with Crippen molar-refractivity contribution in [3.8, 4) is 45.6 Å². The van der Waals surface area contributed by atoms with Crippen molar-refractivity contribution in [1.29, 1.82) is 0 Å². The van der Waals surface area contributed by atoms with Crippen LogP contribution in [-0.2, 0) is 76.0 Å². The zero-order valence-corrected chi connectivity index (χ0v) is 49.2. The van der Waals surface area contributed by atoms with Gasteiger partial charge in [0.05, 0.1) is 58.8 Å². The average molecular weight is 1120 g/mol. The highest BCUT2D eigenvalue weighted by Crippen LogP contribution is 2.21. The van der Waals surface area contributed by atoms with E-state index in [1.54, 1.807) is 73.3 Å². The average Bonchev–Trinajstić information content (AvgIpc) is 3.51. The molecule has 81 heavy (non-hydrogen) atoms. The maximum absolute atomic E-state index is 10.9. The molecule has 17 heteroatoms. The number of rotatable bonds is 17. The van der Waals surface area contributed by atoms with Crippen molar-refractivity contribution in [1.82, 2.24) is 44.8 Å². The van der Waals surface area contributed by atoms with E-state index in [1.807, 2.05) is 49.1 Å². The number of hydrogen-bond donors (Lipinski definition) is 2. The van der Waals surface area contributed by atoms with E-state index >= 15 is 0 Å². The number of ether oxygens (including phenoxy) is 2. The fraction of sp³-hybridized carbons (Fsp3) is 0.328. The van der Waals surface area contributed by atoms with E-state index in [0.717, 1.165) is 70.7 Å². The van der Waals surface area contributed by atoms with E-state index < -0.39 is 0 Å². The molecule has 8 aromatic heterocycles. The molecule has 8 heterocycles. The first-order chi connectivity index (χ1) is 39.1. The van der Waals surface area contributed by atoms with E-state index in [-0.39, 0.29) is 43.6 Å². The van der Waals surface area contributed by atoms with Crippen LogP contribution in [0, 0.1) is 0 Å². The lowest BCUT2D eigenvalue weighted by Gasteiger charge is -2.13. The molecule has 428 valence electrons. The number of carbonyl (C=O) groups excluding carboxylic acids is 3. The Hall–Kier alpha value is -8.02. The molecule has 0 bridgehead atoms. The molecule has 8 aromatic rings. The van der Waals surface area contributed by atoms with Gasteiger partial charge in [0, 0.05) is 70.3 Å². The lowest BCUT2D eigenvalue weighted by atomic mass is 10.1. The minimum atomic E-state index is -0.361. The molecule has 16 nitrogen and oxygen atoms in total. The number of aliphatic hydroxyl groups excluding tert-OH is 2. The molecule has 0 fully saturated rings. The van der Waals surface area contributed by atoms with Gasteiger partial charge in [-0.25, -0.2) is 0 Å². The monoisotopic (exact) mass is 1120 g/mol. The Kier molecular flexibility index (Phi) is 32.0. The van der Waals surface area contributed by atoms with Crippen LogP contribution in [0.2, 0.25) is 0 Å². The maximum Gasteiger partial charge on any atom is 0.302 e. The summed E-state index contributed by atoms with van der Waals surface area (Å²) in [6, 6.07) is 30.9. The van der Waals surface area contributed by atoms with Crippen LogP contribution in [0.25, 0.3) is 45.6 Å². The van der Waals surface area contributed by atoms with Crippen LogP contribution in [0.5, 0.6) is 0 Å². The van der Waals surface area contributed by atoms with Crippen LogP contribution in [0.1, 0.15) is 114 Å². The third-order valence-corrected chi connectivity index (χ3v) is 11.9. The Morgan fingerprint density at radius 2 is 0.556 bits per heavy atom. The second-order valence-corrected chi connectivity index (χ2v) is 18.3. The number of nitrogens with zero attached hydrogens (tertiary/aromatic N) is 9. The standard InChI is InChI=1S/C16H16N2O4.2C14H16N2.C12H12N2O2.C6H15N.C2H3ClO/c1-11(19)21-9-13-3-5-17-15(7-13)16-8-14(4-6-18-16)10-22-12(2)20;2*1-3-11-5-7-15-13(9-11)14-10-12(4-2)6-8-16-14;15-7-9-1-3-13-11(5-9)12-6-10(8-16)2-4-14-12;1-4-7(5-2)6-3;1-2(3)4/h3-8H,9-10H2,1-2H3;2*5-10H,3-4H2,1-2H3;1-6,15-16H,7-8H2;4-6H2,1-3H3;1H3. The Bertz CT molecular complexity index is 2720. The summed E-state index contributed by atoms with van der Waals surface area (Å²) in [4.78, 5) is 67.7. The van der Waals surface area contributed by atoms with E-state index in [2.05, 4.69) is 129 Å². The van der Waals surface area contributed by atoms with Crippen molar-refractivity contribution in [2.45, 2.75) is 121 Å². The molecule has 0 aliphatic rings. The Balaban J connectivity index is 0.000000269. The highest BCUT2D eigenvalue weighted by Gasteiger charge is 2.08. The lowest BCUT2D eigenvalue weighted by Crippen LogP contribution is -2.21. The van der Waals surface area contributed by atoms with Gasteiger partial charge in [-0.05, 0) is 198 Å². The Morgan fingerprint density at radius 1 is 0.370 bits per heavy atom. The molecule has 0 saturated carbocycles. The minimum Gasteiger partial charge on any atom is -0.461 e. The maximum atomic E-state index is 10.9. The normalized spacial score (nSPS) is 10.1. The lowest BCUT2D eigenvalue weighted by molar-refractivity contribution is -0.143. The molecule has 0 atom stereocenters. The van der Waals surface area contributed by atoms with Crippen molar-refractivity contribution >= 4 is 28.8 Å². The molecule has 8 rings (SSSR count). The van der Waals surface area contributed by atoms with Gasteiger partial charge in [0.1, 0.15) is 13.2 Å². The fourth-order valence-electron chi connectivity index (χ4n) is 7.21. The van der Waals surface area contributed by atoms with Crippen LogP contribution in [0.15, 0.2) is 147 Å². The number of carbonyl (C=O) groups is 3. The van der Waals surface area contributed by atoms with E-state index in [1.165, 1.54) is 62.7 Å². The molecular weight excluding hydrogens is 1040 g/mol. The van der Waals surface area contributed by atoms with Crippen molar-refractivity contribution in [2.75, 3.05) is 19.6 Å². The van der Waals surface area contributed by atoms with Crippen molar-refractivity contribution < 1.29 is 34.1 Å². The summed E-state index contributed by atoms with van der Waals surface area (Å²) in [5, 5.41) is 17.7. The smallest absolute Gasteiger partial charge is 0.302 e. The molecule has 0 radical (unpaired) electrons. The SMILES string of the molecule is CC(=O)Cl.CC(=O)OCc1ccnc(-c2cc(COC(C)=O)ccn2)c1.CCN(CC)CC.CCc1ccnc(-c2cc(CC)ccn2)c1.CCc1ccnc(-c2cc(CC)ccn2)c1.OCc1ccnc(-c2cc(CO)ccn2)c1. The van der Waals surface area contributed by atoms with Gasteiger partial charge >= 0.3 is 11.9 Å². The molecule has 0 spiro atoms. The summed E-state index contributed by atoms with van der Waals surface area (Å²) in [7, 11) is 0. The predicted molar refractivity (Wildman–Crippen MR) is 320 cm³/mol. The number of hydrogen-bond acceptors (Lipinski definition) is 16. The number of esters is 2. The van der Waals surface area contributed by atoms with Crippen molar-refractivity contribution in [3.63, 3.8) is 0 Å². The summed E-state index contributed by atoms with van der Waals surface area (Å²) in [6.07, 6.45) is 18.1. The van der Waals surface area contributed by atoms with Gasteiger partial charge in [0.2, 0.25) is 5.24 Å². The van der Waals surface area contributed by atoms with Gasteiger partial charge < -0.3 is 24.6 Å². The number of halogens is 1. The van der Waals surface area contributed by atoms with E-state index in [4.69, 9.17) is 19.7 Å². The molecule has 2 N–H and O–H groups in total. The zero-order chi connectivity index (χ0) is 59.4. The van der Waals surface area contributed by atoms with Crippen LogP contribution in [-0.4, -0.2) is 91.8 Å². The van der Waals surface area contributed by atoms with Crippen LogP contribution >= 0.6 is 11.6 Å². The molecular formula is C64H78ClN9O7. The first-order valence-corrected chi connectivity index (χ1v) is 27.5. The first kappa shape index (κ1) is 67.3. The molecule has 0 amide bonds. The predicted octanol–water partition coefficient (Wildman–Crippen LogP) is 12.1. The number of aryl methyl sites for hydroxylation is 4. The van der Waals surface area contributed by atoms with Gasteiger partial charge in [-0.15, -0.1) is 0 Å². The largest absolute Gasteiger partial charge is 0.461 e. The van der Waals surface area contributed by atoms with E-state index in [0.29, 0.717) is 22.8 Å². The molecule has 0 saturated heterocycles. The van der Waals surface area contributed by atoms with Crippen LogP contribution < -0.4 is 0 Å². The van der Waals surface area contributed by atoms with Gasteiger partial charge in [-0.2, -0.15) is 0 Å². The first-order valence-electron chi connectivity index (χ1n) is 27.1. The second-order valence-electron chi connectivity index (χ2n) is 17.8. The van der Waals surface area contributed by atoms with Gasteiger partial charge in [0.25, 0.3) is 0 Å². The highest BCUT2D eigenvalue weighted by molar-refractivity contribution is 6.62. The van der Waals surface area contributed by atoms with Gasteiger partial charge in [0.15, 0.2) is 0 Å².